The van der Waals surface area contributed by atoms with Crippen molar-refractivity contribution in [1.82, 2.24) is 19.5 Å². The highest BCUT2D eigenvalue weighted by molar-refractivity contribution is 5.63. The number of anilines is 1. The number of nitrogens with zero attached hydrogens (tertiary/aromatic N) is 4. The van der Waals surface area contributed by atoms with Gasteiger partial charge in [-0.1, -0.05) is 13.8 Å². The number of aryl methyl sites for hydroxylation is 2. The van der Waals surface area contributed by atoms with Gasteiger partial charge in [-0.15, -0.1) is 0 Å². The molecule has 20 heavy (non-hydrogen) atoms. The van der Waals surface area contributed by atoms with Crippen LogP contribution >= 0.6 is 0 Å². The molecule has 0 radical (unpaired) electrons. The first kappa shape index (κ1) is 14.5. The third kappa shape index (κ3) is 2.81. The summed E-state index contributed by atoms with van der Waals surface area (Å²) in [5, 5.41) is 3.32. The lowest BCUT2D eigenvalue weighted by Gasteiger charge is -2.13. The number of aromatic nitrogens is 4. The average molecular weight is 273 g/mol. The van der Waals surface area contributed by atoms with E-state index in [9.17, 15) is 0 Å². The van der Waals surface area contributed by atoms with Crippen molar-refractivity contribution in [2.24, 2.45) is 0 Å². The van der Waals surface area contributed by atoms with E-state index in [1.807, 2.05) is 12.4 Å². The fraction of sp³-hybridized carbons (Fsp3) is 0.533. The third-order valence-electron chi connectivity index (χ3n) is 3.24. The molecule has 5 nitrogen and oxygen atoms in total. The highest BCUT2D eigenvalue weighted by Gasteiger charge is 2.15. The van der Waals surface area contributed by atoms with Crippen LogP contribution in [0.25, 0.3) is 11.5 Å². The highest BCUT2D eigenvalue weighted by atomic mass is 15.1. The normalized spacial score (nSPS) is 10.8. The molecular formula is C15H23N5. The van der Waals surface area contributed by atoms with Gasteiger partial charge < -0.3 is 9.88 Å². The molecule has 0 atom stereocenters. The second-order valence-electron chi connectivity index (χ2n) is 4.79. The summed E-state index contributed by atoms with van der Waals surface area (Å²) in [7, 11) is 0. The Balaban J connectivity index is 2.54. The first-order valence-corrected chi connectivity index (χ1v) is 7.34. The fourth-order valence-electron chi connectivity index (χ4n) is 2.23. The van der Waals surface area contributed by atoms with Gasteiger partial charge in [0, 0.05) is 37.5 Å². The molecule has 0 unspecified atom stereocenters. The molecule has 0 aliphatic rings. The minimum Gasteiger partial charge on any atom is -0.370 e. The van der Waals surface area contributed by atoms with E-state index in [0.717, 1.165) is 54.7 Å². The summed E-state index contributed by atoms with van der Waals surface area (Å²) in [4.78, 5) is 13.7. The molecule has 0 bridgehead atoms. The van der Waals surface area contributed by atoms with E-state index in [2.05, 4.69) is 52.5 Å². The van der Waals surface area contributed by atoms with Crippen LogP contribution < -0.4 is 5.32 Å². The number of hydrogen-bond acceptors (Lipinski definition) is 4. The lowest BCUT2D eigenvalue weighted by molar-refractivity contribution is 0.682. The first-order valence-electron chi connectivity index (χ1n) is 7.34. The molecular weight excluding hydrogens is 250 g/mol. The van der Waals surface area contributed by atoms with Gasteiger partial charge >= 0.3 is 0 Å². The maximum absolute atomic E-state index is 4.68. The molecule has 0 saturated heterocycles. The Hall–Kier alpha value is -1.91. The van der Waals surface area contributed by atoms with Crippen LogP contribution in [0.4, 0.5) is 5.82 Å². The van der Waals surface area contributed by atoms with Crippen LogP contribution in [0.5, 0.6) is 0 Å². The van der Waals surface area contributed by atoms with E-state index in [0.29, 0.717) is 0 Å². The Labute approximate surface area is 120 Å². The van der Waals surface area contributed by atoms with Crippen LogP contribution in [-0.2, 0) is 13.0 Å². The van der Waals surface area contributed by atoms with Gasteiger partial charge in [-0.2, -0.15) is 0 Å². The summed E-state index contributed by atoms with van der Waals surface area (Å²) in [5.74, 6) is 2.70. The average Bonchev–Trinajstić information content (AvgIpc) is 2.90. The number of nitrogens with one attached hydrogen (secondary N) is 1. The molecule has 0 fully saturated rings. The molecule has 2 heterocycles. The standard InChI is InChI=1S/C15H23N5/c1-5-9-20-10-8-17-15(20)13-11(4)14(16-7-3)19-12(6-2)18-13/h8,10H,5-7,9H2,1-4H3,(H,16,18,19). The van der Waals surface area contributed by atoms with Crippen LogP contribution in [0.3, 0.4) is 0 Å². The Morgan fingerprint density at radius 1 is 1.20 bits per heavy atom. The monoisotopic (exact) mass is 273 g/mol. The summed E-state index contributed by atoms with van der Waals surface area (Å²) in [6.45, 7) is 10.2. The lowest BCUT2D eigenvalue weighted by atomic mass is 10.2. The quantitative estimate of drug-likeness (QED) is 0.879. The van der Waals surface area contributed by atoms with Gasteiger partial charge in [0.25, 0.3) is 0 Å². The van der Waals surface area contributed by atoms with Gasteiger partial charge in [-0.05, 0) is 20.3 Å². The first-order chi connectivity index (χ1) is 9.71. The maximum Gasteiger partial charge on any atom is 0.159 e. The molecule has 0 spiro atoms. The van der Waals surface area contributed by atoms with Gasteiger partial charge in [0.1, 0.15) is 17.3 Å². The third-order valence-corrected chi connectivity index (χ3v) is 3.24. The van der Waals surface area contributed by atoms with Crippen LogP contribution in [0.1, 0.15) is 38.6 Å². The second-order valence-corrected chi connectivity index (χ2v) is 4.79. The second kappa shape index (κ2) is 6.50. The minimum atomic E-state index is 0.820. The molecule has 2 rings (SSSR count). The van der Waals surface area contributed by atoms with Crippen molar-refractivity contribution in [1.29, 1.82) is 0 Å². The molecule has 0 amide bonds. The van der Waals surface area contributed by atoms with E-state index in [1.54, 1.807) is 0 Å². The highest BCUT2D eigenvalue weighted by Crippen LogP contribution is 2.25. The Kier molecular flexibility index (Phi) is 4.71. The van der Waals surface area contributed by atoms with Gasteiger partial charge in [0.15, 0.2) is 5.82 Å². The van der Waals surface area contributed by atoms with E-state index in [4.69, 9.17) is 0 Å². The molecule has 0 saturated carbocycles. The SMILES string of the molecule is CCCn1ccnc1-c1nc(CC)nc(NCC)c1C. The molecule has 5 heteroatoms. The fourth-order valence-corrected chi connectivity index (χ4v) is 2.23. The zero-order valence-corrected chi connectivity index (χ0v) is 12.8. The predicted octanol–water partition coefficient (Wildman–Crippen LogP) is 3.05. The largest absolute Gasteiger partial charge is 0.370 e. The van der Waals surface area contributed by atoms with Crippen LogP contribution in [-0.4, -0.2) is 26.1 Å². The Bertz CT molecular complexity index is 574. The zero-order chi connectivity index (χ0) is 14.5. The minimum absolute atomic E-state index is 0.820. The van der Waals surface area contributed by atoms with Crippen molar-refractivity contribution in [2.45, 2.75) is 47.1 Å². The number of imidazole rings is 1. The summed E-state index contributed by atoms with van der Waals surface area (Å²) in [5.41, 5.74) is 2.00. The van der Waals surface area contributed by atoms with Crippen LogP contribution in [0.15, 0.2) is 12.4 Å². The summed E-state index contributed by atoms with van der Waals surface area (Å²) in [6.07, 6.45) is 5.75. The Morgan fingerprint density at radius 2 is 2.00 bits per heavy atom. The van der Waals surface area contributed by atoms with E-state index in [-0.39, 0.29) is 0 Å². The van der Waals surface area contributed by atoms with Crippen molar-refractivity contribution in [3.63, 3.8) is 0 Å². The molecule has 2 aromatic rings. The topological polar surface area (TPSA) is 55.6 Å². The Morgan fingerprint density at radius 3 is 2.65 bits per heavy atom. The van der Waals surface area contributed by atoms with Gasteiger partial charge in [0.05, 0.1) is 0 Å². The summed E-state index contributed by atoms with van der Waals surface area (Å²) < 4.78 is 2.16. The van der Waals surface area contributed by atoms with Crippen molar-refractivity contribution in [3.05, 3.63) is 23.8 Å². The number of rotatable bonds is 6. The van der Waals surface area contributed by atoms with E-state index < -0.39 is 0 Å². The van der Waals surface area contributed by atoms with Gasteiger partial charge in [-0.3, -0.25) is 0 Å². The molecule has 108 valence electrons. The maximum atomic E-state index is 4.68. The van der Waals surface area contributed by atoms with Gasteiger partial charge in [0.2, 0.25) is 0 Å². The summed E-state index contributed by atoms with van der Waals surface area (Å²) in [6, 6.07) is 0. The van der Waals surface area contributed by atoms with E-state index >= 15 is 0 Å². The number of hydrogen-bond donors (Lipinski definition) is 1. The van der Waals surface area contributed by atoms with Crippen molar-refractivity contribution in [2.75, 3.05) is 11.9 Å². The molecule has 1 N–H and O–H groups in total. The molecule has 2 aromatic heterocycles. The van der Waals surface area contributed by atoms with Gasteiger partial charge in [-0.25, -0.2) is 15.0 Å². The molecule has 0 aliphatic heterocycles. The van der Waals surface area contributed by atoms with Crippen LogP contribution in [0.2, 0.25) is 0 Å². The summed E-state index contributed by atoms with van der Waals surface area (Å²) >= 11 is 0. The molecule has 0 aliphatic carbocycles. The lowest BCUT2D eigenvalue weighted by Crippen LogP contribution is -2.09. The van der Waals surface area contributed by atoms with Crippen LogP contribution in [0, 0.1) is 6.92 Å². The van der Waals surface area contributed by atoms with Crippen molar-refractivity contribution < 1.29 is 0 Å². The van der Waals surface area contributed by atoms with E-state index in [1.165, 1.54) is 0 Å². The zero-order valence-electron chi connectivity index (χ0n) is 12.8. The van der Waals surface area contributed by atoms with Crippen molar-refractivity contribution >= 4 is 5.82 Å². The smallest absolute Gasteiger partial charge is 0.159 e. The van der Waals surface area contributed by atoms with Crippen molar-refractivity contribution in [3.8, 4) is 11.5 Å². The molecule has 0 aromatic carbocycles. The predicted molar refractivity (Wildman–Crippen MR) is 81.8 cm³/mol.